The van der Waals surface area contributed by atoms with Crippen molar-refractivity contribution in [1.82, 2.24) is 0 Å². The molecule has 1 amide bonds. The Hall–Kier alpha value is -1.22. The highest BCUT2D eigenvalue weighted by Crippen LogP contribution is 2.34. The van der Waals surface area contributed by atoms with E-state index >= 15 is 0 Å². The number of hydrogen-bond acceptors (Lipinski definition) is 2. The lowest BCUT2D eigenvalue weighted by Gasteiger charge is -2.07. The molecule has 3 nitrogen and oxygen atoms in total. The summed E-state index contributed by atoms with van der Waals surface area (Å²) in [6, 6.07) is 5.28. The minimum atomic E-state index is -0.0407. The van der Waals surface area contributed by atoms with Crippen LogP contribution in [0.3, 0.4) is 0 Å². The second-order valence-electron chi connectivity index (χ2n) is 2.76. The first kappa shape index (κ1) is 8.38. The number of carbonyl (C=O) groups is 1. The second-order valence-corrected chi connectivity index (χ2v) is 3.17. The zero-order chi connectivity index (χ0) is 9.26. The summed E-state index contributed by atoms with van der Waals surface area (Å²) < 4.78 is 5.33. The molecule has 0 saturated heterocycles. The number of amides is 1. The van der Waals surface area contributed by atoms with Crippen LogP contribution in [0.25, 0.3) is 0 Å². The Kier molecular flexibility index (Phi) is 2.10. The van der Waals surface area contributed by atoms with Gasteiger partial charge >= 0.3 is 0 Å². The molecule has 68 valence electrons. The summed E-state index contributed by atoms with van der Waals surface area (Å²) in [6.45, 7) is 0.378. The van der Waals surface area contributed by atoms with Gasteiger partial charge in [0.05, 0.1) is 23.7 Å². The van der Waals surface area contributed by atoms with Crippen molar-refractivity contribution >= 4 is 23.2 Å². The summed E-state index contributed by atoms with van der Waals surface area (Å²) in [5.74, 6) is 0.524. The van der Waals surface area contributed by atoms with E-state index in [-0.39, 0.29) is 5.91 Å². The average Bonchev–Trinajstić information content (AvgIpc) is 2.27. The molecule has 1 aromatic rings. The van der Waals surface area contributed by atoms with Crippen molar-refractivity contribution in [3.05, 3.63) is 23.2 Å². The first-order valence-electron chi connectivity index (χ1n) is 3.98. The molecule has 4 heteroatoms. The van der Waals surface area contributed by atoms with Crippen molar-refractivity contribution < 1.29 is 9.53 Å². The number of halogens is 1. The Morgan fingerprint density at radius 3 is 3.15 bits per heavy atom. The molecule has 0 saturated carbocycles. The number of rotatable bonds is 0. The number of fused-ring (bicyclic) bond motifs is 1. The maximum atomic E-state index is 11.1. The van der Waals surface area contributed by atoms with E-state index in [1.807, 2.05) is 0 Å². The fourth-order valence-electron chi connectivity index (χ4n) is 1.21. The lowest BCUT2D eigenvalue weighted by Crippen LogP contribution is -2.10. The van der Waals surface area contributed by atoms with Crippen LogP contribution in [0.5, 0.6) is 5.75 Å². The Morgan fingerprint density at radius 1 is 1.46 bits per heavy atom. The van der Waals surface area contributed by atoms with E-state index < -0.39 is 0 Å². The molecule has 2 rings (SSSR count). The van der Waals surface area contributed by atoms with Crippen LogP contribution in [-0.2, 0) is 4.79 Å². The zero-order valence-electron chi connectivity index (χ0n) is 6.84. The van der Waals surface area contributed by atoms with Crippen molar-refractivity contribution in [2.45, 2.75) is 6.42 Å². The topological polar surface area (TPSA) is 38.3 Å². The predicted octanol–water partition coefficient (Wildman–Crippen LogP) is 2.06. The summed E-state index contributed by atoms with van der Waals surface area (Å²) in [7, 11) is 0. The fourth-order valence-corrected chi connectivity index (χ4v) is 1.44. The van der Waals surface area contributed by atoms with Gasteiger partial charge in [-0.1, -0.05) is 17.7 Å². The van der Waals surface area contributed by atoms with Crippen molar-refractivity contribution in [1.29, 1.82) is 0 Å². The highest BCUT2D eigenvalue weighted by atomic mass is 35.5. The quantitative estimate of drug-likeness (QED) is 0.692. The molecule has 0 fully saturated rings. The monoisotopic (exact) mass is 197 g/mol. The molecule has 0 spiro atoms. The molecule has 13 heavy (non-hydrogen) atoms. The normalized spacial score (nSPS) is 15.3. The minimum Gasteiger partial charge on any atom is -0.489 e. The highest BCUT2D eigenvalue weighted by Gasteiger charge is 2.15. The molecule has 1 aliphatic rings. The number of hydrogen-bond donors (Lipinski definition) is 1. The van der Waals surface area contributed by atoms with Crippen molar-refractivity contribution in [3.8, 4) is 5.75 Å². The molecule has 0 aliphatic carbocycles. The third kappa shape index (κ3) is 1.60. The Morgan fingerprint density at radius 2 is 2.31 bits per heavy atom. The van der Waals surface area contributed by atoms with E-state index in [1.165, 1.54) is 0 Å². The third-order valence-electron chi connectivity index (χ3n) is 1.82. The van der Waals surface area contributed by atoms with Gasteiger partial charge in [-0.2, -0.15) is 0 Å². The number of carbonyl (C=O) groups excluding carboxylic acids is 1. The Balaban J connectivity index is 2.45. The van der Waals surface area contributed by atoms with E-state index in [9.17, 15) is 4.79 Å². The van der Waals surface area contributed by atoms with Gasteiger partial charge < -0.3 is 10.1 Å². The molecule has 0 atom stereocenters. The molecule has 0 unspecified atom stereocenters. The molecular formula is C9H8ClNO2. The number of benzene rings is 1. The lowest BCUT2D eigenvalue weighted by molar-refractivity contribution is -0.116. The average molecular weight is 198 g/mol. The van der Waals surface area contributed by atoms with Gasteiger partial charge in [-0.3, -0.25) is 4.79 Å². The Labute approximate surface area is 80.6 Å². The fraction of sp³-hybridized carbons (Fsp3) is 0.222. The summed E-state index contributed by atoms with van der Waals surface area (Å²) >= 11 is 5.89. The van der Waals surface area contributed by atoms with Gasteiger partial charge in [0.15, 0.2) is 5.75 Å². The molecule has 0 bridgehead atoms. The van der Waals surface area contributed by atoms with Gasteiger partial charge in [0.25, 0.3) is 0 Å². The van der Waals surface area contributed by atoms with Crippen LogP contribution in [0.4, 0.5) is 5.69 Å². The summed E-state index contributed by atoms with van der Waals surface area (Å²) in [5, 5.41) is 3.24. The molecule has 0 aromatic heterocycles. The standard InChI is InChI=1S/C9H8ClNO2/c10-6-2-1-3-7-9(6)13-5-4-8(12)11-7/h1-3H,4-5H2,(H,11,12). The first-order chi connectivity index (χ1) is 6.27. The molecular weight excluding hydrogens is 190 g/mol. The lowest BCUT2D eigenvalue weighted by atomic mass is 10.3. The van der Waals surface area contributed by atoms with E-state index in [0.29, 0.717) is 29.5 Å². The molecule has 1 N–H and O–H groups in total. The van der Waals surface area contributed by atoms with Gasteiger partial charge in [0.1, 0.15) is 0 Å². The van der Waals surface area contributed by atoms with Crippen molar-refractivity contribution in [3.63, 3.8) is 0 Å². The van der Waals surface area contributed by atoms with Crippen LogP contribution in [-0.4, -0.2) is 12.5 Å². The predicted molar refractivity (Wildman–Crippen MR) is 50.2 cm³/mol. The zero-order valence-corrected chi connectivity index (χ0v) is 7.60. The van der Waals surface area contributed by atoms with Crippen LogP contribution in [0, 0.1) is 0 Å². The SMILES string of the molecule is O=C1CCOc2c(Cl)cccc2N1. The van der Waals surface area contributed by atoms with Crippen LogP contribution in [0.2, 0.25) is 5.02 Å². The van der Waals surface area contributed by atoms with E-state index in [4.69, 9.17) is 16.3 Å². The summed E-state index contributed by atoms with van der Waals surface area (Å²) in [5.41, 5.74) is 0.648. The van der Waals surface area contributed by atoms with Gasteiger partial charge in [0.2, 0.25) is 5.91 Å². The third-order valence-corrected chi connectivity index (χ3v) is 2.11. The second kappa shape index (κ2) is 3.26. The van der Waals surface area contributed by atoms with E-state index in [2.05, 4.69) is 5.32 Å². The summed E-state index contributed by atoms with van der Waals surface area (Å²) in [6.07, 6.45) is 0.366. The maximum Gasteiger partial charge on any atom is 0.227 e. The van der Waals surface area contributed by atoms with Gasteiger partial charge in [0, 0.05) is 0 Å². The van der Waals surface area contributed by atoms with Crippen LogP contribution in [0.15, 0.2) is 18.2 Å². The van der Waals surface area contributed by atoms with E-state index in [0.717, 1.165) is 0 Å². The number of para-hydroxylation sites is 1. The molecule has 1 aliphatic heterocycles. The largest absolute Gasteiger partial charge is 0.489 e. The van der Waals surface area contributed by atoms with Gasteiger partial charge in [-0.25, -0.2) is 0 Å². The smallest absolute Gasteiger partial charge is 0.227 e. The molecule has 0 radical (unpaired) electrons. The Bertz CT molecular complexity index is 351. The minimum absolute atomic E-state index is 0.0407. The van der Waals surface area contributed by atoms with Crippen LogP contribution in [0.1, 0.15) is 6.42 Å². The molecule has 1 heterocycles. The first-order valence-corrected chi connectivity index (χ1v) is 4.36. The van der Waals surface area contributed by atoms with Gasteiger partial charge in [-0.05, 0) is 12.1 Å². The van der Waals surface area contributed by atoms with Crippen LogP contribution >= 0.6 is 11.6 Å². The van der Waals surface area contributed by atoms with Crippen molar-refractivity contribution in [2.24, 2.45) is 0 Å². The molecule has 1 aromatic carbocycles. The van der Waals surface area contributed by atoms with Gasteiger partial charge in [-0.15, -0.1) is 0 Å². The maximum absolute atomic E-state index is 11.1. The highest BCUT2D eigenvalue weighted by molar-refractivity contribution is 6.32. The number of ether oxygens (including phenoxy) is 1. The number of anilines is 1. The summed E-state index contributed by atoms with van der Waals surface area (Å²) in [4.78, 5) is 11.1. The van der Waals surface area contributed by atoms with Crippen molar-refractivity contribution in [2.75, 3.05) is 11.9 Å². The van der Waals surface area contributed by atoms with E-state index in [1.54, 1.807) is 18.2 Å². The number of nitrogens with one attached hydrogen (secondary N) is 1. The van der Waals surface area contributed by atoms with Crippen LogP contribution < -0.4 is 10.1 Å².